The molecule has 35 heavy (non-hydrogen) atoms. The summed E-state index contributed by atoms with van der Waals surface area (Å²) in [6, 6.07) is 24.1. The Morgan fingerprint density at radius 3 is 2.54 bits per heavy atom. The molecule has 8 heteroatoms. The smallest absolute Gasteiger partial charge is 0.262 e. The van der Waals surface area contributed by atoms with Crippen molar-refractivity contribution in [2.75, 3.05) is 18.2 Å². The van der Waals surface area contributed by atoms with Crippen LogP contribution in [0.2, 0.25) is 0 Å². The van der Waals surface area contributed by atoms with E-state index in [4.69, 9.17) is 9.72 Å². The number of carbonyl (C=O) groups is 1. The van der Waals surface area contributed by atoms with Crippen LogP contribution in [0, 0.1) is 0 Å². The molecule has 0 aliphatic heterocycles. The first-order valence-electron chi connectivity index (χ1n) is 11.0. The molecular formula is C27H22N4O3S. The molecule has 0 saturated carbocycles. The van der Waals surface area contributed by atoms with E-state index in [1.54, 1.807) is 23.9 Å². The lowest BCUT2D eigenvalue weighted by Crippen LogP contribution is -2.25. The van der Waals surface area contributed by atoms with Crippen molar-refractivity contribution < 1.29 is 9.53 Å². The highest BCUT2D eigenvalue weighted by Crippen LogP contribution is 2.23. The maximum Gasteiger partial charge on any atom is 0.262 e. The molecule has 0 fully saturated rings. The number of aromatic nitrogens is 3. The molecule has 0 atom stereocenters. The van der Waals surface area contributed by atoms with E-state index in [-0.39, 0.29) is 17.2 Å². The van der Waals surface area contributed by atoms with Gasteiger partial charge in [0.2, 0.25) is 5.91 Å². The van der Waals surface area contributed by atoms with Crippen molar-refractivity contribution in [3.8, 4) is 5.75 Å². The minimum Gasteiger partial charge on any atom is -0.497 e. The molecular weight excluding hydrogens is 460 g/mol. The molecule has 3 aromatic carbocycles. The Morgan fingerprint density at radius 2 is 1.71 bits per heavy atom. The van der Waals surface area contributed by atoms with Crippen LogP contribution in [0.4, 0.5) is 5.69 Å². The summed E-state index contributed by atoms with van der Waals surface area (Å²) in [5, 5.41) is 4.85. The zero-order chi connectivity index (χ0) is 24.2. The number of benzene rings is 3. The molecule has 0 spiro atoms. The fourth-order valence-corrected chi connectivity index (χ4v) is 4.64. The summed E-state index contributed by atoms with van der Waals surface area (Å²) in [6.07, 6.45) is 1.72. The SMILES string of the molecule is COc1ccc(Cn2c(SCC(=O)Nc3cccc4ncccc34)nc3ccccc3c2=O)cc1. The highest BCUT2D eigenvalue weighted by atomic mass is 32.2. The van der Waals surface area contributed by atoms with Gasteiger partial charge in [-0.3, -0.25) is 19.1 Å². The van der Waals surface area contributed by atoms with Gasteiger partial charge in [0, 0.05) is 11.6 Å². The van der Waals surface area contributed by atoms with Crippen LogP contribution in [-0.4, -0.2) is 33.3 Å². The molecule has 0 aliphatic carbocycles. The Hall–Kier alpha value is -4.17. The van der Waals surface area contributed by atoms with E-state index in [9.17, 15) is 9.59 Å². The number of fused-ring (bicyclic) bond motifs is 2. The van der Waals surface area contributed by atoms with Gasteiger partial charge in [0.05, 0.1) is 41.5 Å². The molecule has 5 rings (SSSR count). The molecule has 7 nitrogen and oxygen atoms in total. The average Bonchev–Trinajstić information content (AvgIpc) is 2.90. The Kier molecular flexibility index (Phi) is 6.45. The Bertz CT molecular complexity index is 1580. The minimum absolute atomic E-state index is 0.101. The van der Waals surface area contributed by atoms with Gasteiger partial charge in [-0.1, -0.05) is 42.1 Å². The van der Waals surface area contributed by atoms with Gasteiger partial charge < -0.3 is 10.1 Å². The first-order chi connectivity index (χ1) is 17.1. The largest absolute Gasteiger partial charge is 0.497 e. The van der Waals surface area contributed by atoms with Crippen molar-refractivity contribution in [2.45, 2.75) is 11.7 Å². The highest BCUT2D eigenvalue weighted by Gasteiger charge is 2.14. The molecule has 1 amide bonds. The van der Waals surface area contributed by atoms with Gasteiger partial charge in [0.1, 0.15) is 5.75 Å². The number of para-hydroxylation sites is 1. The number of amides is 1. The van der Waals surface area contributed by atoms with Crippen LogP contribution in [0.5, 0.6) is 5.75 Å². The summed E-state index contributed by atoms with van der Waals surface area (Å²) < 4.78 is 6.85. The number of thioether (sulfide) groups is 1. The fourth-order valence-electron chi connectivity index (χ4n) is 3.84. The van der Waals surface area contributed by atoms with E-state index < -0.39 is 0 Å². The van der Waals surface area contributed by atoms with Gasteiger partial charge >= 0.3 is 0 Å². The van der Waals surface area contributed by atoms with Crippen molar-refractivity contribution >= 4 is 45.2 Å². The summed E-state index contributed by atoms with van der Waals surface area (Å²) in [6.45, 7) is 0.333. The summed E-state index contributed by atoms with van der Waals surface area (Å²) in [5.41, 5.74) is 2.89. The van der Waals surface area contributed by atoms with Gasteiger partial charge in [0.25, 0.3) is 5.56 Å². The molecule has 0 bridgehead atoms. The predicted octanol–water partition coefficient (Wildman–Crippen LogP) is 4.73. The molecule has 0 saturated heterocycles. The minimum atomic E-state index is -0.190. The third-order valence-electron chi connectivity index (χ3n) is 5.58. The first kappa shape index (κ1) is 22.6. The number of rotatable bonds is 7. The number of pyridine rings is 1. The van der Waals surface area contributed by atoms with Crippen LogP contribution < -0.4 is 15.6 Å². The van der Waals surface area contributed by atoms with E-state index in [0.29, 0.717) is 28.3 Å². The van der Waals surface area contributed by atoms with Crippen LogP contribution in [0.25, 0.3) is 21.8 Å². The number of nitrogens with zero attached hydrogens (tertiary/aromatic N) is 3. The standard InChI is InChI=1S/C27H22N4O3S/c1-34-19-13-11-18(12-14-19)16-31-26(33)21-6-2-3-8-24(21)30-27(31)35-17-25(32)29-23-10-4-9-22-20(23)7-5-15-28-22/h2-15H,16-17H2,1H3,(H,29,32). The molecule has 2 aromatic heterocycles. The summed E-state index contributed by atoms with van der Waals surface area (Å²) >= 11 is 1.24. The third kappa shape index (κ3) is 4.88. The number of hydrogen-bond donors (Lipinski definition) is 1. The van der Waals surface area contributed by atoms with E-state index in [2.05, 4.69) is 10.3 Å². The quantitative estimate of drug-likeness (QED) is 0.267. The third-order valence-corrected chi connectivity index (χ3v) is 6.55. The number of methoxy groups -OCH3 is 1. The zero-order valence-corrected chi connectivity index (χ0v) is 19.8. The second-order valence-electron chi connectivity index (χ2n) is 7.86. The topological polar surface area (TPSA) is 86.1 Å². The highest BCUT2D eigenvalue weighted by molar-refractivity contribution is 7.99. The van der Waals surface area contributed by atoms with E-state index in [1.807, 2.05) is 72.8 Å². The molecule has 5 aromatic rings. The van der Waals surface area contributed by atoms with E-state index >= 15 is 0 Å². The van der Waals surface area contributed by atoms with Crippen molar-refractivity contribution in [1.29, 1.82) is 0 Å². The lowest BCUT2D eigenvalue weighted by Gasteiger charge is -2.14. The molecule has 0 radical (unpaired) electrons. The maximum atomic E-state index is 13.3. The van der Waals surface area contributed by atoms with Crippen molar-refractivity contribution in [3.63, 3.8) is 0 Å². The summed E-state index contributed by atoms with van der Waals surface area (Å²) in [4.78, 5) is 35.2. The second-order valence-corrected chi connectivity index (χ2v) is 8.81. The van der Waals surface area contributed by atoms with Crippen LogP contribution in [0.3, 0.4) is 0 Å². The normalized spacial score (nSPS) is 11.0. The lowest BCUT2D eigenvalue weighted by molar-refractivity contribution is -0.113. The molecule has 174 valence electrons. The average molecular weight is 483 g/mol. The van der Waals surface area contributed by atoms with Gasteiger partial charge in [-0.05, 0) is 54.1 Å². The van der Waals surface area contributed by atoms with Crippen molar-refractivity contribution in [2.24, 2.45) is 0 Å². The van der Waals surface area contributed by atoms with Gasteiger partial charge in [-0.25, -0.2) is 4.98 Å². The summed E-state index contributed by atoms with van der Waals surface area (Å²) in [5.74, 6) is 0.654. The Balaban J connectivity index is 1.41. The number of hydrogen-bond acceptors (Lipinski definition) is 6. The van der Waals surface area contributed by atoms with Crippen LogP contribution in [0.1, 0.15) is 5.56 Å². The summed E-state index contributed by atoms with van der Waals surface area (Å²) in [7, 11) is 1.61. The van der Waals surface area contributed by atoms with E-state index in [0.717, 1.165) is 22.2 Å². The number of anilines is 1. The first-order valence-corrected chi connectivity index (χ1v) is 12.0. The number of ether oxygens (including phenoxy) is 1. The molecule has 0 aliphatic rings. The second kappa shape index (κ2) is 9.99. The van der Waals surface area contributed by atoms with Gasteiger partial charge in [-0.2, -0.15) is 0 Å². The van der Waals surface area contributed by atoms with Gasteiger partial charge in [0.15, 0.2) is 5.16 Å². The number of carbonyl (C=O) groups excluding carboxylic acids is 1. The monoisotopic (exact) mass is 482 g/mol. The molecule has 0 unspecified atom stereocenters. The van der Waals surface area contributed by atoms with Crippen LogP contribution in [-0.2, 0) is 11.3 Å². The molecule has 1 N–H and O–H groups in total. The maximum absolute atomic E-state index is 13.3. The lowest BCUT2D eigenvalue weighted by atomic mass is 10.2. The Labute approximate surface area is 205 Å². The van der Waals surface area contributed by atoms with Crippen LogP contribution >= 0.6 is 11.8 Å². The van der Waals surface area contributed by atoms with E-state index in [1.165, 1.54) is 11.8 Å². The number of nitrogens with one attached hydrogen (secondary N) is 1. The van der Waals surface area contributed by atoms with Crippen molar-refractivity contribution in [1.82, 2.24) is 14.5 Å². The Morgan fingerprint density at radius 1 is 0.943 bits per heavy atom. The van der Waals surface area contributed by atoms with Crippen LogP contribution in [0.15, 0.2) is 95.0 Å². The fraction of sp³-hybridized carbons (Fsp3) is 0.111. The molecule has 2 heterocycles. The van der Waals surface area contributed by atoms with Crippen molar-refractivity contribution in [3.05, 3.63) is 101 Å². The zero-order valence-electron chi connectivity index (χ0n) is 19.0. The predicted molar refractivity (Wildman–Crippen MR) is 139 cm³/mol. The van der Waals surface area contributed by atoms with Gasteiger partial charge in [-0.15, -0.1) is 0 Å².